The van der Waals surface area contributed by atoms with Crippen LogP contribution in [-0.4, -0.2) is 38.4 Å². The van der Waals surface area contributed by atoms with Gasteiger partial charge in [0.05, 0.1) is 5.60 Å². The molecule has 1 rings (SSSR count). The zero-order valence-corrected chi connectivity index (χ0v) is 10.6. The predicted octanol–water partition coefficient (Wildman–Crippen LogP) is 1.27. The average Bonchev–Trinajstić information content (AvgIpc) is 2.17. The van der Waals surface area contributed by atoms with Crippen LogP contribution in [0.3, 0.4) is 0 Å². The second-order valence-corrected chi connectivity index (χ2v) is 4.76. The van der Waals surface area contributed by atoms with Gasteiger partial charge >= 0.3 is 0 Å². The van der Waals surface area contributed by atoms with Crippen LogP contribution in [0.1, 0.15) is 12.5 Å². The number of benzene rings is 1. The monoisotopic (exact) mass is 222 g/mol. The number of aliphatic hydroxyl groups is 1. The van der Waals surface area contributed by atoms with E-state index in [0.717, 1.165) is 5.56 Å². The lowest BCUT2D eigenvalue weighted by atomic mass is 9.96. The molecule has 0 aliphatic rings. The molecule has 0 aliphatic heterocycles. The lowest BCUT2D eigenvalue weighted by molar-refractivity contribution is 0.0622. The molecule has 0 radical (unpaired) electrons. The Kier molecular flexibility index (Phi) is 4.33. The van der Waals surface area contributed by atoms with Gasteiger partial charge in [-0.2, -0.15) is 0 Å². The van der Waals surface area contributed by atoms with Gasteiger partial charge in [-0.15, -0.1) is 0 Å². The van der Waals surface area contributed by atoms with Gasteiger partial charge in [-0.25, -0.2) is 0 Å². The molecule has 1 aromatic rings. The molecule has 0 spiro atoms. The van der Waals surface area contributed by atoms with Crippen LogP contribution in [0, 0.1) is 0 Å². The minimum atomic E-state index is -0.686. The number of hydrogen-bond donors (Lipinski definition) is 2. The van der Waals surface area contributed by atoms with Crippen LogP contribution in [0.25, 0.3) is 0 Å². The lowest BCUT2D eigenvalue weighted by Crippen LogP contribution is -2.38. The Balaban J connectivity index is 2.68. The van der Waals surface area contributed by atoms with Crippen LogP contribution in [-0.2, 0) is 6.42 Å². The molecular weight excluding hydrogens is 200 g/mol. The quantitative estimate of drug-likeness (QED) is 0.787. The summed E-state index contributed by atoms with van der Waals surface area (Å²) in [7, 11) is 5.89. The van der Waals surface area contributed by atoms with Crippen molar-refractivity contribution in [2.45, 2.75) is 18.9 Å². The maximum Gasteiger partial charge on any atom is 0.0783 e. The standard InChI is InChI=1S/C13H22N2O/c1-13(16,10-14-2)9-11-5-7-12(8-6-11)15(3)4/h5-8,14,16H,9-10H2,1-4H3. The minimum absolute atomic E-state index is 0.600. The highest BCUT2D eigenvalue weighted by molar-refractivity contribution is 5.46. The van der Waals surface area contributed by atoms with Gasteiger partial charge < -0.3 is 15.3 Å². The summed E-state index contributed by atoms with van der Waals surface area (Å²) < 4.78 is 0. The Morgan fingerprint density at radius 2 is 1.81 bits per heavy atom. The van der Waals surface area contributed by atoms with Crippen molar-refractivity contribution in [1.82, 2.24) is 5.32 Å². The van der Waals surface area contributed by atoms with Gasteiger partial charge in [0.15, 0.2) is 0 Å². The molecule has 1 unspecified atom stereocenters. The molecule has 16 heavy (non-hydrogen) atoms. The molecule has 3 nitrogen and oxygen atoms in total. The maximum absolute atomic E-state index is 10.1. The van der Waals surface area contributed by atoms with Gasteiger partial charge in [0, 0.05) is 32.7 Å². The molecule has 0 fully saturated rings. The zero-order valence-electron chi connectivity index (χ0n) is 10.6. The van der Waals surface area contributed by atoms with Crippen molar-refractivity contribution in [1.29, 1.82) is 0 Å². The molecule has 0 bridgehead atoms. The third-order valence-corrected chi connectivity index (χ3v) is 2.60. The van der Waals surface area contributed by atoms with E-state index in [1.54, 1.807) is 0 Å². The second kappa shape index (κ2) is 5.32. The van der Waals surface area contributed by atoms with Gasteiger partial charge in [0.25, 0.3) is 0 Å². The molecule has 90 valence electrons. The Hall–Kier alpha value is -1.06. The number of likely N-dealkylation sites (N-methyl/N-ethyl adjacent to an activating group) is 1. The fraction of sp³-hybridized carbons (Fsp3) is 0.538. The van der Waals surface area contributed by atoms with E-state index >= 15 is 0 Å². The molecule has 1 aromatic carbocycles. The van der Waals surface area contributed by atoms with Crippen molar-refractivity contribution in [3.05, 3.63) is 29.8 Å². The van der Waals surface area contributed by atoms with Crippen molar-refractivity contribution in [3.63, 3.8) is 0 Å². The number of nitrogens with zero attached hydrogens (tertiary/aromatic N) is 1. The Bertz CT molecular complexity index is 317. The van der Waals surface area contributed by atoms with Gasteiger partial charge in [0.2, 0.25) is 0 Å². The Labute approximate surface area is 98.1 Å². The first kappa shape index (κ1) is 13.0. The van der Waals surface area contributed by atoms with Gasteiger partial charge in [0.1, 0.15) is 0 Å². The first-order valence-electron chi connectivity index (χ1n) is 5.58. The van der Waals surface area contributed by atoms with E-state index in [4.69, 9.17) is 0 Å². The fourth-order valence-corrected chi connectivity index (χ4v) is 1.80. The molecule has 0 amide bonds. The number of nitrogens with one attached hydrogen (secondary N) is 1. The Morgan fingerprint density at radius 3 is 2.25 bits per heavy atom. The van der Waals surface area contributed by atoms with E-state index in [1.165, 1.54) is 5.69 Å². The number of hydrogen-bond acceptors (Lipinski definition) is 3. The largest absolute Gasteiger partial charge is 0.389 e. The number of rotatable bonds is 5. The third-order valence-electron chi connectivity index (χ3n) is 2.60. The van der Waals surface area contributed by atoms with E-state index in [0.29, 0.717) is 13.0 Å². The first-order chi connectivity index (χ1) is 7.44. The summed E-state index contributed by atoms with van der Waals surface area (Å²) in [5.74, 6) is 0. The van der Waals surface area contributed by atoms with Crippen LogP contribution < -0.4 is 10.2 Å². The molecule has 0 saturated carbocycles. The fourth-order valence-electron chi connectivity index (χ4n) is 1.80. The maximum atomic E-state index is 10.1. The SMILES string of the molecule is CNCC(C)(O)Cc1ccc(N(C)C)cc1. The highest BCUT2D eigenvalue weighted by atomic mass is 16.3. The lowest BCUT2D eigenvalue weighted by Gasteiger charge is -2.23. The van der Waals surface area contributed by atoms with Crippen molar-refractivity contribution in [2.24, 2.45) is 0 Å². The normalized spacial score (nSPS) is 14.6. The zero-order chi connectivity index (χ0) is 12.2. The van der Waals surface area contributed by atoms with Gasteiger partial charge in [-0.1, -0.05) is 12.1 Å². The summed E-state index contributed by atoms with van der Waals surface area (Å²) in [6.45, 7) is 2.45. The highest BCUT2D eigenvalue weighted by Gasteiger charge is 2.19. The summed E-state index contributed by atoms with van der Waals surface area (Å²) in [4.78, 5) is 2.07. The van der Waals surface area contributed by atoms with E-state index in [-0.39, 0.29) is 0 Å². The molecule has 3 heteroatoms. The molecule has 0 heterocycles. The van der Waals surface area contributed by atoms with E-state index in [9.17, 15) is 5.11 Å². The summed E-state index contributed by atoms with van der Waals surface area (Å²) >= 11 is 0. The predicted molar refractivity (Wildman–Crippen MR) is 69.0 cm³/mol. The van der Waals surface area contributed by atoms with Gasteiger partial charge in [-0.05, 0) is 31.7 Å². The van der Waals surface area contributed by atoms with E-state index in [1.807, 2.05) is 28.1 Å². The molecule has 0 aliphatic carbocycles. The molecule has 1 atom stereocenters. The number of anilines is 1. The molecule has 2 N–H and O–H groups in total. The van der Waals surface area contributed by atoms with Crippen LogP contribution in [0.5, 0.6) is 0 Å². The minimum Gasteiger partial charge on any atom is -0.389 e. The van der Waals surface area contributed by atoms with Crippen molar-refractivity contribution >= 4 is 5.69 Å². The molecule has 0 aromatic heterocycles. The Morgan fingerprint density at radius 1 is 1.25 bits per heavy atom. The summed E-state index contributed by atoms with van der Waals surface area (Å²) in [5.41, 5.74) is 1.65. The van der Waals surface area contributed by atoms with Crippen LogP contribution in [0.4, 0.5) is 5.69 Å². The smallest absolute Gasteiger partial charge is 0.0783 e. The van der Waals surface area contributed by atoms with Crippen LogP contribution in [0.15, 0.2) is 24.3 Å². The summed E-state index contributed by atoms with van der Waals surface area (Å²) in [5, 5.41) is 13.1. The van der Waals surface area contributed by atoms with Crippen LogP contribution >= 0.6 is 0 Å². The molecular formula is C13H22N2O. The van der Waals surface area contributed by atoms with Crippen molar-refractivity contribution in [2.75, 3.05) is 32.6 Å². The average molecular weight is 222 g/mol. The van der Waals surface area contributed by atoms with Crippen molar-refractivity contribution in [3.8, 4) is 0 Å². The van der Waals surface area contributed by atoms with E-state index < -0.39 is 5.60 Å². The van der Waals surface area contributed by atoms with E-state index in [2.05, 4.69) is 34.5 Å². The summed E-state index contributed by atoms with van der Waals surface area (Å²) in [6, 6.07) is 8.29. The third kappa shape index (κ3) is 3.83. The second-order valence-electron chi connectivity index (χ2n) is 4.76. The summed E-state index contributed by atoms with van der Waals surface area (Å²) in [6.07, 6.45) is 0.668. The van der Waals surface area contributed by atoms with Crippen molar-refractivity contribution < 1.29 is 5.11 Å². The molecule has 0 saturated heterocycles. The first-order valence-corrected chi connectivity index (χ1v) is 5.58. The highest BCUT2D eigenvalue weighted by Crippen LogP contribution is 2.16. The van der Waals surface area contributed by atoms with Gasteiger partial charge in [-0.3, -0.25) is 0 Å². The van der Waals surface area contributed by atoms with Crippen LogP contribution in [0.2, 0.25) is 0 Å². The topological polar surface area (TPSA) is 35.5 Å².